The lowest BCUT2D eigenvalue weighted by atomic mass is 10.0. The number of hydrogen-bond donors (Lipinski definition) is 2. The minimum absolute atomic E-state index is 0.296. The molecule has 0 bridgehead atoms. The van der Waals surface area contributed by atoms with Crippen LogP contribution in [0.1, 0.15) is 0 Å². The number of aromatic nitrogens is 4. The zero-order valence-electron chi connectivity index (χ0n) is 12.3. The predicted octanol–water partition coefficient (Wildman–Crippen LogP) is 1.52. The van der Waals surface area contributed by atoms with Crippen molar-refractivity contribution >= 4 is 23.2 Å². The molecule has 11 heteroatoms. The van der Waals surface area contributed by atoms with E-state index >= 15 is 0 Å². The lowest BCUT2D eigenvalue weighted by molar-refractivity contribution is -0.128. The minimum atomic E-state index is -4.74. The van der Waals surface area contributed by atoms with Crippen molar-refractivity contribution in [3.05, 3.63) is 36.4 Å². The van der Waals surface area contributed by atoms with Gasteiger partial charge in [-0.1, -0.05) is 18.2 Å². The van der Waals surface area contributed by atoms with E-state index in [2.05, 4.69) is 30.9 Å². The highest BCUT2D eigenvalue weighted by Crippen LogP contribution is 2.24. The van der Waals surface area contributed by atoms with Crippen LogP contribution >= 0.6 is 0 Å². The highest BCUT2D eigenvalue weighted by atomic mass is 19.4. The molecule has 1 unspecified atom stereocenters. The molecule has 1 aliphatic heterocycles. The maximum Gasteiger partial charge on any atom is 0.433 e. The molecule has 2 N–H and O–H groups in total. The predicted molar refractivity (Wildman–Crippen MR) is 79.4 cm³/mol. The summed E-state index contributed by atoms with van der Waals surface area (Å²) in [5.41, 5.74) is -0.464. The molecule has 0 radical (unpaired) electrons. The Kier molecular flexibility index (Phi) is 4.13. The molecule has 1 aromatic carbocycles. The summed E-state index contributed by atoms with van der Waals surface area (Å²) in [5.74, 6) is -3.11. The summed E-state index contributed by atoms with van der Waals surface area (Å²) in [6.07, 6.45) is -3.26. The van der Waals surface area contributed by atoms with Gasteiger partial charge in [-0.2, -0.15) is 18.4 Å². The van der Waals surface area contributed by atoms with E-state index in [4.69, 9.17) is 0 Å². The second-order valence-corrected chi connectivity index (χ2v) is 4.98. The van der Waals surface area contributed by atoms with Gasteiger partial charge in [-0.25, -0.2) is 4.99 Å². The second-order valence-electron chi connectivity index (χ2n) is 4.98. The number of aliphatic imine (C=N–C) groups is 1. The van der Waals surface area contributed by atoms with Gasteiger partial charge in [0.2, 0.25) is 11.7 Å². The highest BCUT2D eigenvalue weighted by molar-refractivity contribution is 6.16. The van der Waals surface area contributed by atoms with Crippen LogP contribution in [-0.2, 0) is 9.59 Å². The molecule has 8 nitrogen and oxygen atoms in total. The van der Waals surface area contributed by atoms with Gasteiger partial charge in [0, 0.05) is 11.3 Å². The normalized spacial score (nSPS) is 17.3. The number of hydrogen-bond acceptors (Lipinski definition) is 5. The Labute approximate surface area is 137 Å². The van der Waals surface area contributed by atoms with E-state index in [0.29, 0.717) is 23.2 Å². The van der Waals surface area contributed by atoms with Crippen LogP contribution in [0.2, 0.25) is 0 Å². The fourth-order valence-electron chi connectivity index (χ4n) is 2.09. The molecule has 0 aliphatic carbocycles. The number of H-pyrrole nitrogens is 1. The lowest BCUT2D eigenvalue weighted by Crippen LogP contribution is -2.33. The Morgan fingerprint density at radius 1 is 1.28 bits per heavy atom. The summed E-state index contributed by atoms with van der Waals surface area (Å²) in [6.45, 7) is 0. The van der Waals surface area contributed by atoms with Gasteiger partial charge < -0.3 is 5.32 Å². The van der Waals surface area contributed by atoms with E-state index in [9.17, 15) is 22.8 Å². The second kappa shape index (κ2) is 6.26. The molecule has 0 saturated carbocycles. The molecule has 2 aromatic rings. The van der Waals surface area contributed by atoms with Crippen LogP contribution in [0.5, 0.6) is 0 Å². The number of amides is 2. The van der Waals surface area contributed by atoms with Crippen LogP contribution in [-0.4, -0.2) is 44.3 Å². The molecule has 1 aromatic heterocycles. The van der Waals surface area contributed by atoms with Crippen LogP contribution in [0.25, 0.3) is 11.4 Å². The van der Waals surface area contributed by atoms with Crippen molar-refractivity contribution < 1.29 is 22.8 Å². The van der Waals surface area contributed by atoms with Crippen molar-refractivity contribution in [2.24, 2.45) is 10.9 Å². The van der Waals surface area contributed by atoms with E-state index in [1.54, 1.807) is 18.2 Å². The molecule has 3 rings (SSSR count). The third-order valence-corrected chi connectivity index (χ3v) is 3.25. The van der Waals surface area contributed by atoms with Gasteiger partial charge >= 0.3 is 6.18 Å². The lowest BCUT2D eigenvalue weighted by Gasteiger charge is -2.15. The molecular weight excluding hydrogens is 341 g/mol. The van der Waals surface area contributed by atoms with Crippen LogP contribution in [0.15, 0.2) is 41.4 Å². The van der Waals surface area contributed by atoms with Crippen molar-refractivity contribution in [2.45, 2.75) is 6.18 Å². The number of alkyl halides is 3. The number of carbonyl (C=O) groups excluding carboxylic acids is 2. The van der Waals surface area contributed by atoms with Crippen molar-refractivity contribution in [2.75, 3.05) is 5.32 Å². The van der Waals surface area contributed by atoms with E-state index in [-0.39, 0.29) is 0 Å². The van der Waals surface area contributed by atoms with Gasteiger partial charge in [0.05, 0.1) is 0 Å². The van der Waals surface area contributed by atoms with Gasteiger partial charge in [0.25, 0.3) is 5.91 Å². The van der Waals surface area contributed by atoms with Gasteiger partial charge in [-0.05, 0) is 23.4 Å². The number of tetrazole rings is 1. The highest BCUT2D eigenvalue weighted by Gasteiger charge is 2.38. The summed E-state index contributed by atoms with van der Waals surface area (Å²) in [6, 6.07) is 6.36. The number of benzene rings is 1. The smallest absolute Gasteiger partial charge is 0.325 e. The van der Waals surface area contributed by atoms with Gasteiger partial charge in [-0.3, -0.25) is 9.59 Å². The van der Waals surface area contributed by atoms with Crippen molar-refractivity contribution in [3.63, 3.8) is 0 Å². The van der Waals surface area contributed by atoms with Crippen LogP contribution < -0.4 is 5.32 Å². The average molecular weight is 350 g/mol. The zero-order chi connectivity index (χ0) is 18.0. The Hall–Kier alpha value is -3.37. The quantitative estimate of drug-likeness (QED) is 0.815. The summed E-state index contributed by atoms with van der Waals surface area (Å²) >= 11 is 0. The van der Waals surface area contributed by atoms with Crippen LogP contribution in [0.4, 0.5) is 18.9 Å². The monoisotopic (exact) mass is 350 g/mol. The van der Waals surface area contributed by atoms with Crippen molar-refractivity contribution in [1.82, 2.24) is 20.6 Å². The Balaban J connectivity index is 1.74. The van der Waals surface area contributed by atoms with E-state index < -0.39 is 29.6 Å². The number of nitrogens with one attached hydrogen (secondary N) is 2. The maximum absolute atomic E-state index is 12.5. The third kappa shape index (κ3) is 3.59. The van der Waals surface area contributed by atoms with Crippen LogP contribution in [0.3, 0.4) is 0 Å². The van der Waals surface area contributed by atoms with Gasteiger partial charge in [-0.15, -0.1) is 10.2 Å². The molecule has 0 saturated heterocycles. The van der Waals surface area contributed by atoms with Crippen molar-refractivity contribution in [1.29, 1.82) is 0 Å². The molecule has 2 amide bonds. The number of halogens is 3. The Morgan fingerprint density at radius 3 is 2.72 bits per heavy atom. The van der Waals surface area contributed by atoms with Crippen molar-refractivity contribution in [3.8, 4) is 11.4 Å². The first kappa shape index (κ1) is 16.5. The van der Waals surface area contributed by atoms with E-state index in [0.717, 1.165) is 6.08 Å². The number of allylic oxidation sites excluding steroid dienone is 1. The SMILES string of the molecule is O=C1N=C(C(F)(F)F)C=CC1C(=O)Nc1cccc(-c2nn[nH]n2)c1. The van der Waals surface area contributed by atoms with Gasteiger partial charge in [0.1, 0.15) is 11.6 Å². The number of aromatic amines is 1. The molecule has 25 heavy (non-hydrogen) atoms. The molecule has 1 aliphatic rings. The number of rotatable bonds is 3. The summed E-state index contributed by atoms with van der Waals surface area (Å²) in [7, 11) is 0. The summed E-state index contributed by atoms with van der Waals surface area (Å²) in [4.78, 5) is 26.8. The third-order valence-electron chi connectivity index (χ3n) is 3.25. The molecular formula is C14H9F3N6O2. The molecule has 2 heterocycles. The number of dihydropyridines is 1. The van der Waals surface area contributed by atoms with Crippen LogP contribution in [0, 0.1) is 5.92 Å². The topological polar surface area (TPSA) is 113 Å². The molecule has 0 fully saturated rings. The standard InChI is InChI=1S/C14H9F3N6O2/c15-14(16,17)10-5-4-9(13(25)19-10)12(24)18-8-3-1-2-7(6-8)11-20-22-23-21-11/h1-6,9H,(H,18,24)(H,20,21,22,23). The minimum Gasteiger partial charge on any atom is -0.325 e. The Bertz CT molecular complexity index is 873. The first-order chi connectivity index (χ1) is 11.8. The first-order valence-corrected chi connectivity index (χ1v) is 6.87. The van der Waals surface area contributed by atoms with Gasteiger partial charge in [0.15, 0.2) is 0 Å². The fourth-order valence-corrected chi connectivity index (χ4v) is 2.09. The number of anilines is 1. The molecule has 128 valence electrons. The average Bonchev–Trinajstić information content (AvgIpc) is 3.08. The summed E-state index contributed by atoms with van der Waals surface area (Å²) in [5, 5.41) is 15.7. The van der Waals surface area contributed by atoms with E-state index in [1.807, 2.05) is 0 Å². The summed E-state index contributed by atoms with van der Waals surface area (Å²) < 4.78 is 37.5. The zero-order valence-corrected chi connectivity index (χ0v) is 12.3. The molecule has 0 spiro atoms. The molecule has 1 atom stereocenters. The number of carbonyl (C=O) groups is 2. The number of nitrogens with zero attached hydrogens (tertiary/aromatic N) is 4. The maximum atomic E-state index is 12.5. The fraction of sp³-hybridized carbons (Fsp3) is 0.143. The first-order valence-electron chi connectivity index (χ1n) is 6.87. The van der Waals surface area contributed by atoms with E-state index in [1.165, 1.54) is 6.07 Å². The largest absolute Gasteiger partial charge is 0.433 e. The Morgan fingerprint density at radius 2 is 2.08 bits per heavy atom.